The van der Waals surface area contributed by atoms with Gasteiger partial charge >= 0.3 is 6.18 Å². The summed E-state index contributed by atoms with van der Waals surface area (Å²) in [5.41, 5.74) is 9.20. The van der Waals surface area contributed by atoms with E-state index in [1.165, 1.54) is 0 Å². The average Bonchev–Trinajstić information content (AvgIpc) is 3.45. The first-order valence-electron chi connectivity index (χ1n) is 11.4. The molecular weight excluding hydrogens is 461 g/mol. The van der Waals surface area contributed by atoms with Crippen LogP contribution in [0.15, 0.2) is 48.5 Å². The molecule has 8 nitrogen and oxygen atoms in total. The zero-order valence-electron chi connectivity index (χ0n) is 19.2. The van der Waals surface area contributed by atoms with Crippen molar-refractivity contribution in [3.8, 4) is 0 Å². The Morgan fingerprint density at radius 3 is 2.63 bits per heavy atom. The monoisotopic (exact) mass is 488 g/mol. The Labute approximate surface area is 200 Å². The lowest BCUT2D eigenvalue weighted by atomic mass is 10.0. The van der Waals surface area contributed by atoms with Crippen LogP contribution in [0.1, 0.15) is 24.0 Å². The first-order valence-corrected chi connectivity index (χ1v) is 11.4. The van der Waals surface area contributed by atoms with Crippen LogP contribution in [0.25, 0.3) is 11.0 Å². The van der Waals surface area contributed by atoms with Crippen LogP contribution in [0, 0.1) is 5.92 Å². The fourth-order valence-electron chi connectivity index (χ4n) is 4.37. The number of carbonyl (C=O) groups is 2. The third-order valence-corrected chi connectivity index (χ3v) is 6.40. The quantitative estimate of drug-likeness (QED) is 0.531. The summed E-state index contributed by atoms with van der Waals surface area (Å²) in [4.78, 5) is 26.9. The SMILES string of the molecule is Cn1nnc2cc(CNC(=O)[C@@H]3C[C@H](C(F)(F)F)CN3C(=O)[C@H](N)CCc3ccccc3)ccc21. The van der Waals surface area contributed by atoms with Crippen molar-refractivity contribution in [2.24, 2.45) is 18.7 Å². The number of likely N-dealkylation sites (tertiary alicyclic amines) is 1. The van der Waals surface area contributed by atoms with Crippen LogP contribution in [0.2, 0.25) is 0 Å². The highest BCUT2D eigenvalue weighted by Crippen LogP contribution is 2.37. The van der Waals surface area contributed by atoms with Gasteiger partial charge in [0.15, 0.2) is 0 Å². The van der Waals surface area contributed by atoms with Gasteiger partial charge in [0.1, 0.15) is 11.6 Å². The van der Waals surface area contributed by atoms with Crippen LogP contribution < -0.4 is 11.1 Å². The predicted molar refractivity (Wildman–Crippen MR) is 123 cm³/mol. The topological polar surface area (TPSA) is 106 Å². The summed E-state index contributed by atoms with van der Waals surface area (Å²) >= 11 is 0. The third kappa shape index (κ3) is 5.61. The number of nitrogens with two attached hydrogens (primary N) is 1. The second-order valence-electron chi connectivity index (χ2n) is 8.87. The van der Waals surface area contributed by atoms with Crippen LogP contribution >= 0.6 is 0 Å². The molecule has 0 unspecified atom stereocenters. The molecule has 4 rings (SSSR count). The number of benzene rings is 2. The van der Waals surface area contributed by atoms with Gasteiger partial charge in [-0.1, -0.05) is 41.6 Å². The van der Waals surface area contributed by atoms with Crippen molar-refractivity contribution in [2.45, 2.75) is 44.1 Å². The Kier molecular flexibility index (Phi) is 7.06. The Morgan fingerprint density at radius 2 is 1.91 bits per heavy atom. The molecule has 2 heterocycles. The second-order valence-corrected chi connectivity index (χ2v) is 8.87. The lowest BCUT2D eigenvalue weighted by Gasteiger charge is -2.27. The first kappa shape index (κ1) is 24.6. The maximum absolute atomic E-state index is 13.5. The van der Waals surface area contributed by atoms with Gasteiger partial charge in [0.2, 0.25) is 11.8 Å². The molecule has 0 radical (unpaired) electrons. The van der Waals surface area contributed by atoms with Crippen LogP contribution in [-0.2, 0) is 29.6 Å². The van der Waals surface area contributed by atoms with Gasteiger partial charge in [0.05, 0.1) is 17.5 Å². The number of hydrogen-bond donors (Lipinski definition) is 2. The summed E-state index contributed by atoms with van der Waals surface area (Å²) in [5, 5.41) is 10.6. The summed E-state index contributed by atoms with van der Waals surface area (Å²) in [6.07, 6.45) is -4.23. The van der Waals surface area contributed by atoms with Crippen LogP contribution in [-0.4, -0.2) is 56.5 Å². The highest BCUT2D eigenvalue weighted by atomic mass is 19.4. The molecule has 1 aliphatic heterocycles. The van der Waals surface area contributed by atoms with E-state index in [0.717, 1.165) is 16.0 Å². The van der Waals surface area contributed by atoms with Gasteiger partial charge in [0.25, 0.3) is 0 Å². The second kappa shape index (κ2) is 10.0. The van der Waals surface area contributed by atoms with Crippen molar-refractivity contribution in [2.75, 3.05) is 6.54 Å². The van der Waals surface area contributed by atoms with Gasteiger partial charge in [-0.15, -0.1) is 5.10 Å². The zero-order valence-corrected chi connectivity index (χ0v) is 19.2. The Morgan fingerprint density at radius 1 is 1.17 bits per heavy atom. The minimum atomic E-state index is -4.52. The number of rotatable bonds is 7. The van der Waals surface area contributed by atoms with E-state index in [1.807, 2.05) is 30.3 Å². The fourth-order valence-corrected chi connectivity index (χ4v) is 4.37. The van der Waals surface area contributed by atoms with Crippen LogP contribution in [0.3, 0.4) is 0 Å². The number of fused-ring (bicyclic) bond motifs is 1. The number of halogens is 3. The van der Waals surface area contributed by atoms with Gasteiger partial charge in [-0.2, -0.15) is 13.2 Å². The van der Waals surface area contributed by atoms with E-state index in [1.54, 1.807) is 29.9 Å². The number of nitrogens with zero attached hydrogens (tertiary/aromatic N) is 4. The van der Waals surface area contributed by atoms with Crippen molar-refractivity contribution >= 4 is 22.8 Å². The number of alkyl halides is 3. The molecule has 1 saturated heterocycles. The van der Waals surface area contributed by atoms with E-state index >= 15 is 0 Å². The Hall–Kier alpha value is -3.47. The predicted octanol–water partition coefficient (Wildman–Crippen LogP) is 2.32. The maximum atomic E-state index is 13.5. The van der Waals surface area contributed by atoms with Gasteiger partial charge in [0, 0.05) is 20.1 Å². The molecule has 0 saturated carbocycles. The number of carbonyl (C=O) groups excluding carboxylic acids is 2. The van der Waals surface area contributed by atoms with Crippen molar-refractivity contribution in [3.05, 3.63) is 59.7 Å². The third-order valence-electron chi connectivity index (χ3n) is 6.40. The van der Waals surface area contributed by atoms with E-state index < -0.39 is 49.0 Å². The minimum Gasteiger partial charge on any atom is -0.350 e. The van der Waals surface area contributed by atoms with Gasteiger partial charge in [-0.25, -0.2) is 4.68 Å². The molecule has 0 aliphatic carbocycles. The van der Waals surface area contributed by atoms with Crippen molar-refractivity contribution in [1.29, 1.82) is 0 Å². The molecule has 35 heavy (non-hydrogen) atoms. The molecule has 1 aromatic heterocycles. The fraction of sp³-hybridized carbons (Fsp3) is 0.417. The van der Waals surface area contributed by atoms with E-state index in [-0.39, 0.29) is 13.0 Å². The Balaban J connectivity index is 1.43. The highest BCUT2D eigenvalue weighted by Gasteiger charge is 2.51. The van der Waals surface area contributed by atoms with E-state index in [0.29, 0.717) is 17.5 Å². The molecular formula is C24H27F3N6O2. The summed E-state index contributed by atoms with van der Waals surface area (Å²) in [5.74, 6) is -3.06. The number of amides is 2. The lowest BCUT2D eigenvalue weighted by Crippen LogP contribution is -2.51. The molecule has 2 amide bonds. The van der Waals surface area contributed by atoms with Crippen molar-refractivity contribution < 1.29 is 22.8 Å². The molecule has 11 heteroatoms. The van der Waals surface area contributed by atoms with E-state index in [9.17, 15) is 22.8 Å². The molecule has 3 aromatic rings. The van der Waals surface area contributed by atoms with Crippen molar-refractivity contribution in [1.82, 2.24) is 25.2 Å². The van der Waals surface area contributed by atoms with Gasteiger partial charge in [-0.05, 0) is 42.5 Å². The zero-order chi connectivity index (χ0) is 25.2. The van der Waals surface area contributed by atoms with Gasteiger partial charge in [-0.3, -0.25) is 9.59 Å². The molecule has 2 aromatic carbocycles. The molecule has 3 atom stereocenters. The molecule has 0 spiro atoms. The van der Waals surface area contributed by atoms with Crippen molar-refractivity contribution in [3.63, 3.8) is 0 Å². The van der Waals surface area contributed by atoms with Crippen LogP contribution in [0.5, 0.6) is 0 Å². The summed E-state index contributed by atoms with van der Waals surface area (Å²) < 4.78 is 42.1. The number of nitrogens with one attached hydrogen (secondary N) is 1. The summed E-state index contributed by atoms with van der Waals surface area (Å²) in [7, 11) is 1.75. The molecule has 0 bridgehead atoms. The smallest absolute Gasteiger partial charge is 0.350 e. The maximum Gasteiger partial charge on any atom is 0.393 e. The number of aromatic nitrogens is 3. The Bertz CT molecular complexity index is 1200. The molecule has 1 fully saturated rings. The standard InChI is InChI=1S/C24H27F3N6O2/c1-32-20-10-8-16(11-19(20)30-31-32)13-29-22(34)21-12-17(24(25,26)27)14-33(21)23(35)18(28)9-7-15-5-3-2-4-6-15/h2-6,8,10-11,17-18,21H,7,9,12-14,28H2,1H3,(H,29,34)/t17-,18+,21-/m0/s1. The lowest BCUT2D eigenvalue weighted by molar-refractivity contribution is -0.171. The van der Waals surface area contributed by atoms with Crippen LogP contribution in [0.4, 0.5) is 13.2 Å². The average molecular weight is 489 g/mol. The first-order chi connectivity index (χ1) is 16.6. The summed E-state index contributed by atoms with van der Waals surface area (Å²) in [6, 6.07) is 12.5. The normalized spacial score (nSPS) is 19.2. The molecule has 3 N–H and O–H groups in total. The minimum absolute atomic E-state index is 0.0840. The van der Waals surface area contributed by atoms with Gasteiger partial charge < -0.3 is 16.0 Å². The molecule has 1 aliphatic rings. The number of aryl methyl sites for hydroxylation is 2. The summed E-state index contributed by atoms with van der Waals surface area (Å²) in [6.45, 7) is -0.494. The van der Waals surface area contributed by atoms with E-state index in [2.05, 4.69) is 15.6 Å². The molecule has 186 valence electrons. The number of hydrogen-bond acceptors (Lipinski definition) is 5. The largest absolute Gasteiger partial charge is 0.393 e. The van der Waals surface area contributed by atoms with E-state index in [4.69, 9.17) is 5.73 Å². The highest BCUT2D eigenvalue weighted by molar-refractivity contribution is 5.90.